The number of amides is 1. The first kappa shape index (κ1) is 19.5. The lowest BCUT2D eigenvalue weighted by atomic mass is 10.3. The van der Waals surface area contributed by atoms with E-state index in [0.717, 1.165) is 0 Å². The smallest absolute Gasteiger partial charge is 0.249 e. The van der Waals surface area contributed by atoms with Gasteiger partial charge in [-0.25, -0.2) is 8.42 Å². The summed E-state index contributed by atoms with van der Waals surface area (Å²) in [7, 11) is -2.40. The number of ether oxygens (including phenoxy) is 1. The highest BCUT2D eigenvalue weighted by molar-refractivity contribution is 7.89. The Hall–Kier alpha value is -3.31. The normalized spacial score (nSPS) is 12.4. The standard InChI is InChI=1S/C17H18N6O4S/c1-11(23-28(25,26)13-8-6-12(27-2)7-9-13)16(24)20-17-19-15(21-22-17)14-5-3-4-10-18-14/h3-11,23H,1-2H3,(H2,19,20,21,22,24)/t11-/m0/s1. The molecule has 0 aliphatic rings. The van der Waals surface area contributed by atoms with Gasteiger partial charge in [-0.3, -0.25) is 20.2 Å². The summed E-state index contributed by atoms with van der Waals surface area (Å²) >= 11 is 0. The number of pyridine rings is 1. The Balaban J connectivity index is 1.65. The molecule has 1 aromatic carbocycles. The molecule has 2 aromatic heterocycles. The van der Waals surface area contributed by atoms with Crippen molar-refractivity contribution in [1.29, 1.82) is 0 Å². The summed E-state index contributed by atoms with van der Waals surface area (Å²) in [5.74, 6) is 0.310. The second-order valence-corrected chi connectivity index (χ2v) is 7.44. The molecule has 0 unspecified atom stereocenters. The summed E-state index contributed by atoms with van der Waals surface area (Å²) in [6.45, 7) is 1.42. The minimum Gasteiger partial charge on any atom is -0.497 e. The highest BCUT2D eigenvalue weighted by atomic mass is 32.2. The van der Waals surface area contributed by atoms with Crippen LogP contribution in [-0.4, -0.2) is 47.6 Å². The van der Waals surface area contributed by atoms with Gasteiger partial charge in [0.15, 0.2) is 5.82 Å². The first-order valence-corrected chi connectivity index (χ1v) is 9.68. The Morgan fingerprint density at radius 2 is 1.93 bits per heavy atom. The number of aromatic nitrogens is 4. The zero-order valence-corrected chi connectivity index (χ0v) is 15.9. The quantitative estimate of drug-likeness (QED) is 0.539. The summed E-state index contributed by atoms with van der Waals surface area (Å²) in [6, 6.07) is 10.1. The number of H-pyrrole nitrogens is 1. The number of hydrogen-bond acceptors (Lipinski definition) is 7. The van der Waals surface area contributed by atoms with E-state index in [2.05, 4.69) is 30.2 Å². The number of anilines is 1. The molecule has 11 heteroatoms. The lowest BCUT2D eigenvalue weighted by Crippen LogP contribution is -2.41. The molecule has 146 valence electrons. The van der Waals surface area contributed by atoms with E-state index >= 15 is 0 Å². The van der Waals surface area contributed by atoms with Gasteiger partial charge in [0.1, 0.15) is 11.4 Å². The molecule has 0 fully saturated rings. The summed E-state index contributed by atoms with van der Waals surface area (Å²) in [5.41, 5.74) is 0.559. The van der Waals surface area contributed by atoms with Crippen LogP contribution in [0.15, 0.2) is 53.6 Å². The number of hydrogen-bond donors (Lipinski definition) is 3. The molecule has 0 aliphatic carbocycles. The maximum Gasteiger partial charge on any atom is 0.249 e. The molecule has 3 aromatic rings. The van der Waals surface area contributed by atoms with Gasteiger partial charge in [-0.05, 0) is 43.3 Å². The second-order valence-electron chi connectivity index (χ2n) is 5.73. The molecule has 0 bridgehead atoms. The number of carbonyl (C=O) groups excluding carboxylic acids is 1. The number of benzene rings is 1. The van der Waals surface area contributed by atoms with Gasteiger partial charge in [-0.2, -0.15) is 9.71 Å². The second kappa shape index (κ2) is 8.15. The van der Waals surface area contributed by atoms with Gasteiger partial charge in [0.05, 0.1) is 18.0 Å². The maximum absolute atomic E-state index is 12.4. The highest BCUT2D eigenvalue weighted by Gasteiger charge is 2.23. The van der Waals surface area contributed by atoms with Crippen LogP contribution in [0.1, 0.15) is 6.92 Å². The van der Waals surface area contributed by atoms with Crippen LogP contribution in [0.25, 0.3) is 11.5 Å². The van der Waals surface area contributed by atoms with Gasteiger partial charge in [0.25, 0.3) is 0 Å². The number of aromatic amines is 1. The highest BCUT2D eigenvalue weighted by Crippen LogP contribution is 2.16. The fourth-order valence-corrected chi connectivity index (χ4v) is 3.47. The Morgan fingerprint density at radius 1 is 1.18 bits per heavy atom. The molecule has 3 N–H and O–H groups in total. The van der Waals surface area contributed by atoms with Crippen LogP contribution in [0, 0.1) is 0 Å². The zero-order chi connectivity index (χ0) is 20.1. The van der Waals surface area contributed by atoms with E-state index in [9.17, 15) is 13.2 Å². The number of sulfonamides is 1. The van der Waals surface area contributed by atoms with Crippen LogP contribution in [-0.2, 0) is 14.8 Å². The molecule has 28 heavy (non-hydrogen) atoms. The van der Waals surface area contributed by atoms with Crippen molar-refractivity contribution in [3.8, 4) is 17.3 Å². The van der Waals surface area contributed by atoms with Crippen LogP contribution in [0.5, 0.6) is 5.75 Å². The van der Waals surface area contributed by atoms with Crippen molar-refractivity contribution in [2.24, 2.45) is 0 Å². The van der Waals surface area contributed by atoms with Crippen molar-refractivity contribution in [1.82, 2.24) is 24.9 Å². The molecule has 3 rings (SSSR count). The maximum atomic E-state index is 12.4. The van der Waals surface area contributed by atoms with Gasteiger partial charge >= 0.3 is 0 Å². The molecule has 0 saturated heterocycles. The number of nitrogens with one attached hydrogen (secondary N) is 3. The zero-order valence-electron chi connectivity index (χ0n) is 15.1. The minimum atomic E-state index is -3.88. The number of nitrogens with zero attached hydrogens (tertiary/aromatic N) is 3. The fraction of sp³-hybridized carbons (Fsp3) is 0.176. The van der Waals surface area contributed by atoms with Crippen molar-refractivity contribution in [3.63, 3.8) is 0 Å². The fourth-order valence-electron chi connectivity index (χ4n) is 2.26. The van der Waals surface area contributed by atoms with Gasteiger partial charge in [-0.1, -0.05) is 6.07 Å². The minimum absolute atomic E-state index is 0.0150. The van der Waals surface area contributed by atoms with Crippen LogP contribution in [0.3, 0.4) is 0 Å². The molecule has 0 radical (unpaired) electrons. The van der Waals surface area contributed by atoms with E-state index in [4.69, 9.17) is 4.74 Å². The third-order valence-corrected chi connectivity index (χ3v) is 5.28. The Morgan fingerprint density at radius 3 is 2.57 bits per heavy atom. The van der Waals surface area contributed by atoms with Crippen LogP contribution < -0.4 is 14.8 Å². The first-order valence-electron chi connectivity index (χ1n) is 8.20. The first-order chi connectivity index (χ1) is 13.4. The average Bonchev–Trinajstić information content (AvgIpc) is 3.17. The van der Waals surface area contributed by atoms with Crippen molar-refractivity contribution in [2.75, 3.05) is 12.4 Å². The molecule has 1 atom stereocenters. The van der Waals surface area contributed by atoms with Gasteiger partial charge in [-0.15, -0.1) is 5.10 Å². The summed E-state index contributed by atoms with van der Waals surface area (Å²) < 4.78 is 32.1. The van der Waals surface area contributed by atoms with E-state index in [1.165, 1.54) is 38.3 Å². The SMILES string of the molecule is COc1ccc(S(=O)(=O)N[C@@H](C)C(=O)Nc2n[nH]c(-c3ccccn3)n2)cc1. The van der Waals surface area contributed by atoms with E-state index in [0.29, 0.717) is 17.3 Å². The molecule has 2 heterocycles. The third kappa shape index (κ3) is 4.50. The number of methoxy groups -OCH3 is 1. The van der Waals surface area contributed by atoms with Gasteiger partial charge in [0, 0.05) is 6.20 Å². The molecule has 0 saturated carbocycles. The summed E-state index contributed by atoms with van der Waals surface area (Å²) in [6.07, 6.45) is 1.60. The molecule has 10 nitrogen and oxygen atoms in total. The van der Waals surface area contributed by atoms with Crippen LogP contribution in [0.2, 0.25) is 0 Å². The molecule has 1 amide bonds. The molecule has 0 aliphatic heterocycles. The van der Waals surface area contributed by atoms with Gasteiger partial charge in [0.2, 0.25) is 21.9 Å². The van der Waals surface area contributed by atoms with E-state index in [1.807, 2.05) is 0 Å². The molecular formula is C17H18N6O4S. The van der Waals surface area contributed by atoms with Crippen molar-refractivity contribution in [2.45, 2.75) is 17.9 Å². The lowest BCUT2D eigenvalue weighted by Gasteiger charge is -2.13. The van der Waals surface area contributed by atoms with Crippen molar-refractivity contribution < 1.29 is 17.9 Å². The largest absolute Gasteiger partial charge is 0.497 e. The lowest BCUT2D eigenvalue weighted by molar-refractivity contribution is -0.117. The predicted molar refractivity (Wildman–Crippen MR) is 101 cm³/mol. The number of rotatable bonds is 7. The summed E-state index contributed by atoms with van der Waals surface area (Å²) in [5, 5.41) is 9.01. The van der Waals surface area contributed by atoms with Gasteiger partial charge < -0.3 is 4.74 Å². The molecule has 0 spiro atoms. The topological polar surface area (TPSA) is 139 Å². The average molecular weight is 402 g/mol. The van der Waals surface area contributed by atoms with E-state index in [1.54, 1.807) is 24.4 Å². The van der Waals surface area contributed by atoms with Crippen LogP contribution >= 0.6 is 0 Å². The van der Waals surface area contributed by atoms with Crippen LogP contribution in [0.4, 0.5) is 5.95 Å². The molecular weight excluding hydrogens is 384 g/mol. The Labute approximate surface area is 161 Å². The van der Waals surface area contributed by atoms with Crippen molar-refractivity contribution in [3.05, 3.63) is 48.7 Å². The predicted octanol–water partition coefficient (Wildman–Crippen LogP) is 1.18. The van der Waals surface area contributed by atoms with E-state index < -0.39 is 22.0 Å². The monoisotopic (exact) mass is 402 g/mol. The Bertz CT molecular complexity index is 1050. The summed E-state index contributed by atoms with van der Waals surface area (Å²) in [4.78, 5) is 20.6. The van der Waals surface area contributed by atoms with Crippen molar-refractivity contribution >= 4 is 21.9 Å². The third-order valence-electron chi connectivity index (χ3n) is 3.72. The Kier molecular flexibility index (Phi) is 5.66. The van der Waals surface area contributed by atoms with E-state index in [-0.39, 0.29) is 10.8 Å². The number of carbonyl (C=O) groups is 1.